The van der Waals surface area contributed by atoms with E-state index in [1.807, 2.05) is 91.0 Å². The summed E-state index contributed by atoms with van der Waals surface area (Å²) in [6, 6.07) is 26.1. The van der Waals surface area contributed by atoms with Crippen LogP contribution in [0.15, 0.2) is 91.0 Å². The molecule has 0 aromatic heterocycles. The van der Waals surface area contributed by atoms with Gasteiger partial charge >= 0.3 is 0 Å². The molecule has 0 spiro atoms. The van der Waals surface area contributed by atoms with Gasteiger partial charge < -0.3 is 9.47 Å². The average Bonchev–Trinajstić information content (AvgIpc) is 2.82. The molecule has 4 aromatic rings. The smallest absolute Gasteiger partial charge is 0.209 e. The van der Waals surface area contributed by atoms with Crippen LogP contribution in [0.3, 0.4) is 0 Å². The molecule has 0 atom stereocenters. The Balaban J connectivity index is 2.05. The summed E-state index contributed by atoms with van der Waals surface area (Å²) in [5, 5.41) is 3.48. The molecule has 150 valence electrons. The molecule has 0 radical (unpaired) electrons. The fourth-order valence-corrected chi connectivity index (χ4v) is 7.16. The first-order valence-electron chi connectivity index (χ1n) is 9.51. The Hall–Kier alpha value is -2.94. The monoisotopic (exact) mass is 432 g/mol. The highest BCUT2D eigenvalue weighted by molar-refractivity contribution is 8.30. The lowest BCUT2D eigenvalue weighted by Crippen LogP contribution is -2.23. The zero-order chi connectivity index (χ0) is 21.1. The van der Waals surface area contributed by atoms with Gasteiger partial charge in [0.25, 0.3) is 0 Å². The normalized spacial score (nSPS) is 11.3. The van der Waals surface area contributed by atoms with Crippen molar-refractivity contribution in [3.63, 3.8) is 0 Å². The molecule has 3 nitrogen and oxygen atoms in total. The van der Waals surface area contributed by atoms with Crippen molar-refractivity contribution in [2.24, 2.45) is 0 Å². The van der Waals surface area contributed by atoms with E-state index in [0.717, 1.165) is 21.4 Å². The van der Waals surface area contributed by atoms with Crippen molar-refractivity contribution in [2.75, 3.05) is 14.2 Å². The van der Waals surface area contributed by atoms with Gasteiger partial charge in [-0.15, -0.1) is 0 Å². The van der Waals surface area contributed by atoms with Crippen LogP contribution in [0, 0.1) is 0 Å². The van der Waals surface area contributed by atoms with E-state index < -0.39 is 6.04 Å². The van der Waals surface area contributed by atoms with Gasteiger partial charge in [-0.2, -0.15) is 0 Å². The van der Waals surface area contributed by atoms with Gasteiger partial charge in [-0.25, -0.2) is 0 Å². The summed E-state index contributed by atoms with van der Waals surface area (Å²) in [5.74, 6) is 0.965. The first-order valence-corrected chi connectivity index (χ1v) is 12.3. The predicted octanol–water partition coefficient (Wildman–Crippen LogP) is 5.13. The second-order valence-electron chi connectivity index (χ2n) is 6.79. The van der Waals surface area contributed by atoms with Gasteiger partial charge in [-0.1, -0.05) is 96.7 Å². The molecule has 0 aliphatic carbocycles. The zero-order valence-corrected chi connectivity index (χ0v) is 18.5. The Labute approximate surface area is 181 Å². The van der Waals surface area contributed by atoms with E-state index in [9.17, 15) is 4.79 Å². The van der Waals surface area contributed by atoms with E-state index in [1.165, 1.54) is 0 Å². The summed E-state index contributed by atoms with van der Waals surface area (Å²) < 4.78 is 11.4. The van der Waals surface area contributed by atoms with E-state index in [0.29, 0.717) is 17.1 Å². The van der Waals surface area contributed by atoms with E-state index >= 15 is 0 Å². The van der Waals surface area contributed by atoms with E-state index in [1.54, 1.807) is 14.2 Å². The van der Waals surface area contributed by atoms with Crippen LogP contribution in [0.25, 0.3) is 10.8 Å². The second kappa shape index (κ2) is 8.43. The lowest BCUT2D eigenvalue weighted by Gasteiger charge is -2.24. The van der Waals surface area contributed by atoms with Crippen molar-refractivity contribution in [1.82, 2.24) is 0 Å². The highest BCUT2D eigenvalue weighted by atomic mass is 32.4. The molecule has 0 N–H and O–H groups in total. The van der Waals surface area contributed by atoms with Crippen molar-refractivity contribution >= 4 is 44.8 Å². The number of carbonyl (C=O) groups is 1. The number of ether oxygens (including phenoxy) is 2. The molecule has 0 amide bonds. The Morgan fingerprint density at radius 2 is 1.30 bits per heavy atom. The molecule has 0 bridgehead atoms. The summed E-state index contributed by atoms with van der Waals surface area (Å²) in [6.45, 7) is 0. The first kappa shape index (κ1) is 20.3. The van der Waals surface area contributed by atoms with Gasteiger partial charge in [-0.3, -0.25) is 4.79 Å². The number of benzene rings is 4. The Morgan fingerprint density at radius 3 is 1.83 bits per heavy atom. The molecule has 4 aromatic carbocycles. The van der Waals surface area contributed by atoms with E-state index in [-0.39, 0.29) is 5.52 Å². The van der Waals surface area contributed by atoms with Gasteiger partial charge in [0, 0.05) is 5.39 Å². The van der Waals surface area contributed by atoms with Crippen LogP contribution in [-0.2, 0) is 11.8 Å². The summed E-state index contributed by atoms with van der Waals surface area (Å²) >= 11 is 6.23. The molecule has 0 saturated heterocycles. The van der Waals surface area contributed by atoms with Gasteiger partial charge in [0.1, 0.15) is 17.1 Å². The molecule has 0 heterocycles. The zero-order valence-electron chi connectivity index (χ0n) is 16.7. The molecule has 0 unspecified atom stereocenters. The SMILES string of the molecule is COc1cc2ccccc2c(OC)c1C(=O)P(=S)(c1ccccc1)c1ccccc1. The largest absolute Gasteiger partial charge is 0.496 e. The maximum atomic E-state index is 14.3. The number of carbonyl (C=O) groups excluding carboxylic acids is 1. The molecule has 5 heteroatoms. The third kappa shape index (κ3) is 3.32. The molecular weight excluding hydrogens is 411 g/mol. The van der Waals surface area contributed by atoms with Crippen LogP contribution in [-0.4, -0.2) is 19.7 Å². The van der Waals surface area contributed by atoms with Crippen molar-refractivity contribution in [3.05, 3.63) is 96.6 Å². The number of rotatable bonds is 6. The average molecular weight is 432 g/mol. The van der Waals surface area contributed by atoms with Crippen LogP contribution in [0.4, 0.5) is 0 Å². The molecule has 0 saturated carbocycles. The predicted molar refractivity (Wildman–Crippen MR) is 128 cm³/mol. The number of hydrogen-bond donors (Lipinski definition) is 0. The summed E-state index contributed by atoms with van der Waals surface area (Å²) in [6.07, 6.45) is 0. The minimum Gasteiger partial charge on any atom is -0.496 e. The Morgan fingerprint density at radius 1 is 0.767 bits per heavy atom. The van der Waals surface area contributed by atoms with Crippen LogP contribution in [0.5, 0.6) is 11.5 Å². The number of fused-ring (bicyclic) bond motifs is 1. The first-order chi connectivity index (χ1) is 14.6. The minimum absolute atomic E-state index is 0.144. The highest BCUT2D eigenvalue weighted by Crippen LogP contribution is 2.51. The van der Waals surface area contributed by atoms with Gasteiger partial charge in [0.05, 0.1) is 20.3 Å². The number of methoxy groups -OCH3 is 2. The van der Waals surface area contributed by atoms with Crippen LogP contribution >= 0.6 is 6.04 Å². The fourth-order valence-electron chi connectivity index (χ4n) is 3.68. The lowest BCUT2D eigenvalue weighted by atomic mass is 10.0. The van der Waals surface area contributed by atoms with Gasteiger partial charge in [0.2, 0.25) is 5.52 Å². The van der Waals surface area contributed by atoms with Crippen LogP contribution in [0.2, 0.25) is 0 Å². The lowest BCUT2D eigenvalue weighted by molar-refractivity contribution is 0.107. The number of hydrogen-bond acceptors (Lipinski definition) is 4. The maximum Gasteiger partial charge on any atom is 0.209 e. The molecule has 0 fully saturated rings. The second-order valence-corrected chi connectivity index (χ2v) is 11.1. The quantitative estimate of drug-likeness (QED) is 0.396. The topological polar surface area (TPSA) is 35.5 Å². The Bertz CT molecular complexity index is 1210. The molecule has 30 heavy (non-hydrogen) atoms. The Kier molecular flexibility index (Phi) is 5.72. The summed E-state index contributed by atoms with van der Waals surface area (Å²) in [5.41, 5.74) is 0.254. The summed E-state index contributed by atoms with van der Waals surface area (Å²) in [7, 11) is 3.14. The summed E-state index contributed by atoms with van der Waals surface area (Å²) in [4.78, 5) is 14.3. The van der Waals surface area contributed by atoms with E-state index in [4.69, 9.17) is 21.3 Å². The molecular formula is C25H21O3PS. The third-order valence-corrected chi connectivity index (χ3v) is 9.74. The third-order valence-electron chi connectivity index (χ3n) is 5.13. The van der Waals surface area contributed by atoms with Crippen LogP contribution < -0.4 is 20.1 Å². The van der Waals surface area contributed by atoms with Crippen molar-refractivity contribution < 1.29 is 14.3 Å². The fraction of sp³-hybridized carbons (Fsp3) is 0.0800. The molecule has 0 aliphatic heterocycles. The molecule has 0 aliphatic rings. The van der Waals surface area contributed by atoms with E-state index in [2.05, 4.69) is 0 Å². The highest BCUT2D eigenvalue weighted by Gasteiger charge is 2.36. The van der Waals surface area contributed by atoms with Gasteiger partial charge in [0.15, 0.2) is 0 Å². The van der Waals surface area contributed by atoms with Crippen molar-refractivity contribution in [3.8, 4) is 11.5 Å². The minimum atomic E-state index is -2.86. The molecule has 4 rings (SSSR count). The van der Waals surface area contributed by atoms with Crippen molar-refractivity contribution in [2.45, 2.75) is 0 Å². The standard InChI is InChI=1S/C25H21O3PS/c1-27-22-17-18-11-9-10-16-21(18)24(28-2)23(22)25(26)29(30,19-12-5-3-6-13-19)20-14-7-4-8-15-20/h3-17H,1-2H3. The van der Waals surface area contributed by atoms with Crippen LogP contribution in [0.1, 0.15) is 10.4 Å². The van der Waals surface area contributed by atoms with Crippen molar-refractivity contribution in [1.29, 1.82) is 0 Å². The van der Waals surface area contributed by atoms with Gasteiger partial charge in [-0.05, 0) is 22.1 Å². The maximum absolute atomic E-state index is 14.3.